The Kier molecular flexibility index (Phi) is 4.56. The molecular formula is C22H18O4. The highest BCUT2D eigenvalue weighted by Crippen LogP contribution is 2.35. The monoisotopic (exact) mass is 346 g/mol. The number of benzene rings is 3. The smallest absolute Gasteiger partial charge is 0.161 e. The first-order valence-corrected chi connectivity index (χ1v) is 8.49. The van der Waals surface area contributed by atoms with E-state index in [1.54, 1.807) is 6.07 Å². The van der Waals surface area contributed by atoms with Gasteiger partial charge in [-0.15, -0.1) is 0 Å². The van der Waals surface area contributed by atoms with Gasteiger partial charge in [0, 0.05) is 5.56 Å². The molecule has 0 N–H and O–H groups in total. The molecule has 4 rings (SSSR count). The molecule has 0 fully saturated rings. The highest BCUT2D eigenvalue weighted by Gasteiger charge is 2.13. The van der Waals surface area contributed by atoms with E-state index < -0.39 is 0 Å². The molecule has 0 radical (unpaired) electrons. The predicted octanol–water partition coefficient (Wildman–Crippen LogP) is 4.52. The van der Waals surface area contributed by atoms with Crippen molar-refractivity contribution in [3.05, 3.63) is 77.9 Å². The number of fused-ring (bicyclic) bond motifs is 1. The fourth-order valence-corrected chi connectivity index (χ4v) is 2.90. The second-order valence-corrected chi connectivity index (χ2v) is 6.04. The van der Waals surface area contributed by atoms with E-state index in [-0.39, 0.29) is 0 Å². The van der Waals surface area contributed by atoms with E-state index in [1.807, 2.05) is 60.7 Å². The van der Waals surface area contributed by atoms with Gasteiger partial charge in [-0.3, -0.25) is 4.79 Å². The van der Waals surface area contributed by atoms with Gasteiger partial charge in [0.2, 0.25) is 0 Å². The molecule has 0 amide bonds. The summed E-state index contributed by atoms with van der Waals surface area (Å²) >= 11 is 0. The number of aldehydes is 1. The zero-order chi connectivity index (χ0) is 17.8. The minimum absolute atomic E-state index is 0.448. The second-order valence-electron chi connectivity index (χ2n) is 6.04. The molecule has 4 nitrogen and oxygen atoms in total. The Morgan fingerprint density at radius 1 is 0.846 bits per heavy atom. The van der Waals surface area contributed by atoms with Crippen molar-refractivity contribution in [2.75, 3.05) is 13.2 Å². The minimum Gasteiger partial charge on any atom is -0.489 e. The molecule has 130 valence electrons. The van der Waals surface area contributed by atoms with Crippen LogP contribution in [-0.4, -0.2) is 19.5 Å². The summed E-state index contributed by atoms with van der Waals surface area (Å²) in [6, 6.07) is 21.2. The first-order valence-electron chi connectivity index (χ1n) is 8.49. The molecule has 0 atom stereocenters. The molecule has 0 aromatic heterocycles. The lowest BCUT2D eigenvalue weighted by molar-refractivity contribution is 0.112. The number of ether oxygens (including phenoxy) is 3. The first kappa shape index (κ1) is 16.2. The van der Waals surface area contributed by atoms with Gasteiger partial charge in [0.05, 0.1) is 0 Å². The van der Waals surface area contributed by atoms with Crippen molar-refractivity contribution in [3.63, 3.8) is 0 Å². The van der Waals surface area contributed by atoms with Crippen LogP contribution in [-0.2, 0) is 6.61 Å². The van der Waals surface area contributed by atoms with Crippen LogP contribution in [0, 0.1) is 0 Å². The third-order valence-corrected chi connectivity index (χ3v) is 4.19. The summed E-state index contributed by atoms with van der Waals surface area (Å²) in [5, 5.41) is 0. The van der Waals surface area contributed by atoms with Gasteiger partial charge in [-0.25, -0.2) is 0 Å². The molecule has 0 unspecified atom stereocenters. The van der Waals surface area contributed by atoms with Gasteiger partial charge < -0.3 is 14.2 Å². The van der Waals surface area contributed by atoms with Crippen molar-refractivity contribution < 1.29 is 19.0 Å². The maximum absolute atomic E-state index is 11.3. The predicted molar refractivity (Wildman–Crippen MR) is 99.0 cm³/mol. The molecule has 0 saturated carbocycles. The zero-order valence-electron chi connectivity index (χ0n) is 14.2. The molecule has 1 heterocycles. The number of carbonyl (C=O) groups excluding carboxylic acids is 1. The van der Waals surface area contributed by atoms with E-state index >= 15 is 0 Å². The summed E-state index contributed by atoms with van der Waals surface area (Å²) < 4.78 is 17.1. The lowest BCUT2D eigenvalue weighted by Gasteiger charge is -2.19. The Labute approximate surface area is 152 Å². The maximum Gasteiger partial charge on any atom is 0.161 e. The van der Waals surface area contributed by atoms with E-state index in [0.717, 1.165) is 34.5 Å². The minimum atomic E-state index is 0.448. The molecule has 4 heteroatoms. The van der Waals surface area contributed by atoms with Crippen LogP contribution in [0.4, 0.5) is 0 Å². The van der Waals surface area contributed by atoms with Crippen LogP contribution in [0.2, 0.25) is 0 Å². The van der Waals surface area contributed by atoms with Gasteiger partial charge in [-0.1, -0.05) is 36.4 Å². The summed E-state index contributed by atoms with van der Waals surface area (Å²) in [4.78, 5) is 11.3. The van der Waals surface area contributed by atoms with E-state index in [0.29, 0.717) is 31.1 Å². The molecular weight excluding hydrogens is 328 g/mol. The van der Waals surface area contributed by atoms with Gasteiger partial charge in [-0.2, -0.15) is 0 Å². The Morgan fingerprint density at radius 3 is 2.46 bits per heavy atom. The summed E-state index contributed by atoms with van der Waals surface area (Å²) in [7, 11) is 0. The maximum atomic E-state index is 11.3. The standard InChI is InChI=1S/C22H18O4/c23-14-17-10-19(18-6-7-21-22(13-18)25-9-8-24-21)12-20(11-17)26-15-16-4-2-1-3-5-16/h1-7,10-14H,8-9,15H2. The summed E-state index contributed by atoms with van der Waals surface area (Å²) in [6.45, 7) is 1.55. The molecule has 1 aliphatic rings. The Morgan fingerprint density at radius 2 is 1.65 bits per heavy atom. The van der Waals surface area contributed by atoms with Crippen molar-refractivity contribution in [1.29, 1.82) is 0 Å². The quantitative estimate of drug-likeness (QED) is 0.637. The van der Waals surface area contributed by atoms with Crippen molar-refractivity contribution in [2.45, 2.75) is 6.61 Å². The van der Waals surface area contributed by atoms with Crippen molar-refractivity contribution in [3.8, 4) is 28.4 Å². The Balaban J connectivity index is 1.62. The summed E-state index contributed by atoms with van der Waals surface area (Å²) in [5.74, 6) is 2.12. The molecule has 0 spiro atoms. The highest BCUT2D eigenvalue weighted by atomic mass is 16.6. The van der Waals surface area contributed by atoms with Gasteiger partial charge in [0.1, 0.15) is 31.9 Å². The largest absolute Gasteiger partial charge is 0.489 e. The number of hydrogen-bond donors (Lipinski definition) is 0. The first-order chi connectivity index (χ1) is 12.8. The SMILES string of the molecule is O=Cc1cc(OCc2ccccc2)cc(-c2ccc3c(c2)OCCO3)c1. The second kappa shape index (κ2) is 7.31. The van der Waals surface area contributed by atoms with Crippen LogP contribution >= 0.6 is 0 Å². The summed E-state index contributed by atoms with van der Waals surface area (Å²) in [6.07, 6.45) is 0.830. The fourth-order valence-electron chi connectivity index (χ4n) is 2.90. The molecule has 0 aliphatic carbocycles. The topological polar surface area (TPSA) is 44.8 Å². The van der Waals surface area contributed by atoms with Crippen molar-refractivity contribution >= 4 is 6.29 Å². The molecule has 0 saturated heterocycles. The van der Waals surface area contributed by atoms with Crippen LogP contribution in [0.1, 0.15) is 15.9 Å². The number of carbonyl (C=O) groups is 1. The average molecular weight is 346 g/mol. The third kappa shape index (κ3) is 3.54. The lowest BCUT2D eigenvalue weighted by Crippen LogP contribution is -2.15. The average Bonchev–Trinajstić information content (AvgIpc) is 2.72. The molecule has 3 aromatic rings. The number of hydrogen-bond acceptors (Lipinski definition) is 4. The van der Waals surface area contributed by atoms with E-state index in [1.165, 1.54) is 0 Å². The Hall–Kier alpha value is -3.27. The van der Waals surface area contributed by atoms with Gasteiger partial charge in [0.15, 0.2) is 11.5 Å². The van der Waals surface area contributed by atoms with E-state index in [4.69, 9.17) is 14.2 Å². The van der Waals surface area contributed by atoms with Crippen LogP contribution in [0.15, 0.2) is 66.7 Å². The summed E-state index contributed by atoms with van der Waals surface area (Å²) in [5.41, 5.74) is 3.49. The lowest BCUT2D eigenvalue weighted by atomic mass is 10.0. The Bertz CT molecular complexity index is 919. The van der Waals surface area contributed by atoms with Crippen LogP contribution in [0.5, 0.6) is 17.2 Å². The molecule has 3 aromatic carbocycles. The van der Waals surface area contributed by atoms with Crippen LogP contribution in [0.3, 0.4) is 0 Å². The molecule has 26 heavy (non-hydrogen) atoms. The number of rotatable bonds is 5. The van der Waals surface area contributed by atoms with Crippen molar-refractivity contribution in [1.82, 2.24) is 0 Å². The van der Waals surface area contributed by atoms with Crippen molar-refractivity contribution in [2.24, 2.45) is 0 Å². The molecule has 0 bridgehead atoms. The molecule has 1 aliphatic heterocycles. The zero-order valence-corrected chi connectivity index (χ0v) is 14.2. The van der Waals surface area contributed by atoms with Crippen LogP contribution < -0.4 is 14.2 Å². The van der Waals surface area contributed by atoms with Gasteiger partial charge >= 0.3 is 0 Å². The van der Waals surface area contributed by atoms with E-state index in [2.05, 4.69) is 0 Å². The van der Waals surface area contributed by atoms with E-state index in [9.17, 15) is 4.79 Å². The third-order valence-electron chi connectivity index (χ3n) is 4.19. The highest BCUT2D eigenvalue weighted by molar-refractivity contribution is 5.81. The fraction of sp³-hybridized carbons (Fsp3) is 0.136. The van der Waals surface area contributed by atoms with Gasteiger partial charge in [0.25, 0.3) is 0 Å². The van der Waals surface area contributed by atoms with Gasteiger partial charge in [-0.05, 0) is 47.0 Å². The normalized spacial score (nSPS) is 12.5. The van der Waals surface area contributed by atoms with Crippen LogP contribution in [0.25, 0.3) is 11.1 Å².